The van der Waals surface area contributed by atoms with Crippen molar-refractivity contribution in [3.63, 3.8) is 0 Å². The van der Waals surface area contributed by atoms with Crippen molar-refractivity contribution in [1.82, 2.24) is 0 Å². The number of hydrogen-bond donors (Lipinski definition) is 1. The Kier molecular flexibility index (Phi) is 2.88. The maximum absolute atomic E-state index is 12.0. The number of methoxy groups -OCH3 is 1. The Morgan fingerprint density at radius 1 is 1.36 bits per heavy atom. The Balaban J connectivity index is 2.90. The monoisotopic (exact) mass is 206 g/mol. The van der Waals surface area contributed by atoms with Crippen LogP contribution in [0.1, 0.15) is 5.56 Å². The van der Waals surface area contributed by atoms with Gasteiger partial charge in [0.15, 0.2) is 11.5 Å². The summed E-state index contributed by atoms with van der Waals surface area (Å²) in [7, 11) is 1.28. The first kappa shape index (κ1) is 10.7. The van der Waals surface area contributed by atoms with Crippen molar-refractivity contribution in [2.45, 2.75) is 12.6 Å². The Morgan fingerprint density at radius 3 is 2.50 bits per heavy atom. The van der Waals surface area contributed by atoms with Gasteiger partial charge in [0.1, 0.15) is 0 Å². The molecule has 78 valence electrons. The van der Waals surface area contributed by atoms with Crippen LogP contribution in [-0.4, -0.2) is 18.4 Å². The number of phenolic OH excluding ortho intramolecular Hbond substituents is 1. The number of halogens is 3. The van der Waals surface area contributed by atoms with Crippen LogP contribution in [0.25, 0.3) is 0 Å². The number of phenols is 1. The summed E-state index contributed by atoms with van der Waals surface area (Å²) in [5.74, 6) is -0.120. The van der Waals surface area contributed by atoms with E-state index in [-0.39, 0.29) is 17.1 Å². The van der Waals surface area contributed by atoms with Gasteiger partial charge < -0.3 is 9.84 Å². The summed E-state index contributed by atoms with van der Waals surface area (Å²) in [4.78, 5) is 0. The number of rotatable bonds is 2. The normalized spacial score (nSPS) is 11.4. The zero-order chi connectivity index (χ0) is 10.8. The third-order valence-corrected chi connectivity index (χ3v) is 1.65. The third kappa shape index (κ3) is 2.83. The van der Waals surface area contributed by atoms with E-state index in [2.05, 4.69) is 4.74 Å². The minimum absolute atomic E-state index is 0.0479. The van der Waals surface area contributed by atoms with Crippen molar-refractivity contribution < 1.29 is 23.0 Å². The molecule has 0 unspecified atom stereocenters. The lowest BCUT2D eigenvalue weighted by Gasteiger charge is -2.08. The summed E-state index contributed by atoms with van der Waals surface area (Å²) in [5, 5.41) is 9.13. The van der Waals surface area contributed by atoms with Crippen molar-refractivity contribution in [2.75, 3.05) is 7.11 Å². The van der Waals surface area contributed by atoms with Crippen LogP contribution >= 0.6 is 0 Å². The third-order valence-electron chi connectivity index (χ3n) is 1.65. The molecule has 2 nitrogen and oxygen atoms in total. The maximum atomic E-state index is 12.0. The van der Waals surface area contributed by atoms with Crippen molar-refractivity contribution >= 4 is 0 Å². The lowest BCUT2D eigenvalue weighted by Crippen LogP contribution is -2.11. The predicted molar refractivity (Wildman–Crippen MR) is 44.4 cm³/mol. The van der Waals surface area contributed by atoms with E-state index in [1.165, 1.54) is 25.3 Å². The molecule has 0 spiro atoms. The maximum Gasteiger partial charge on any atom is 0.393 e. The van der Waals surface area contributed by atoms with Crippen LogP contribution in [0.3, 0.4) is 0 Å². The van der Waals surface area contributed by atoms with Gasteiger partial charge in [0.2, 0.25) is 0 Å². The molecular weight excluding hydrogens is 197 g/mol. The number of hydrogen-bond acceptors (Lipinski definition) is 2. The van der Waals surface area contributed by atoms with E-state index in [0.29, 0.717) is 0 Å². The minimum Gasteiger partial charge on any atom is -0.504 e. The van der Waals surface area contributed by atoms with Gasteiger partial charge in [-0.05, 0) is 17.7 Å². The van der Waals surface area contributed by atoms with E-state index >= 15 is 0 Å². The molecule has 1 rings (SSSR count). The highest BCUT2D eigenvalue weighted by Crippen LogP contribution is 2.29. The highest BCUT2D eigenvalue weighted by atomic mass is 19.4. The van der Waals surface area contributed by atoms with Crippen LogP contribution in [0.2, 0.25) is 0 Å². The lowest BCUT2D eigenvalue weighted by molar-refractivity contribution is -0.127. The molecule has 0 aromatic heterocycles. The molecule has 0 atom stereocenters. The second kappa shape index (κ2) is 3.77. The molecule has 0 aliphatic carbocycles. The van der Waals surface area contributed by atoms with E-state index in [1.807, 2.05) is 0 Å². The second-order valence-electron chi connectivity index (χ2n) is 2.80. The zero-order valence-corrected chi connectivity index (χ0v) is 7.43. The molecule has 0 radical (unpaired) electrons. The number of benzene rings is 1. The van der Waals surface area contributed by atoms with Crippen LogP contribution in [0, 0.1) is 0 Å². The van der Waals surface area contributed by atoms with Crippen LogP contribution < -0.4 is 4.74 Å². The average molecular weight is 206 g/mol. The molecule has 1 N–H and O–H groups in total. The van der Waals surface area contributed by atoms with Gasteiger partial charge in [-0.2, -0.15) is 13.2 Å². The highest BCUT2D eigenvalue weighted by molar-refractivity contribution is 5.41. The van der Waals surface area contributed by atoms with E-state index < -0.39 is 12.6 Å². The van der Waals surface area contributed by atoms with Crippen LogP contribution in [0.5, 0.6) is 11.5 Å². The minimum atomic E-state index is -4.25. The first-order valence-corrected chi connectivity index (χ1v) is 3.85. The zero-order valence-electron chi connectivity index (χ0n) is 7.43. The molecule has 0 fully saturated rings. The Hall–Kier alpha value is -1.39. The molecule has 0 saturated heterocycles. The summed E-state index contributed by atoms with van der Waals surface area (Å²) in [6.07, 6.45) is -5.27. The van der Waals surface area contributed by atoms with Gasteiger partial charge in [0.05, 0.1) is 13.5 Å². The van der Waals surface area contributed by atoms with E-state index in [9.17, 15) is 13.2 Å². The molecule has 0 saturated carbocycles. The Bertz CT molecular complexity index is 320. The quantitative estimate of drug-likeness (QED) is 0.805. The van der Waals surface area contributed by atoms with Crippen molar-refractivity contribution in [3.05, 3.63) is 23.8 Å². The van der Waals surface area contributed by atoms with Gasteiger partial charge >= 0.3 is 6.18 Å². The van der Waals surface area contributed by atoms with E-state index in [0.717, 1.165) is 0 Å². The van der Waals surface area contributed by atoms with Gasteiger partial charge in [-0.3, -0.25) is 0 Å². The lowest BCUT2D eigenvalue weighted by atomic mass is 10.1. The number of ether oxygens (including phenoxy) is 1. The first-order chi connectivity index (χ1) is 6.42. The molecule has 0 bridgehead atoms. The first-order valence-electron chi connectivity index (χ1n) is 3.85. The average Bonchev–Trinajstić information content (AvgIpc) is 2.06. The molecular formula is C9H9F3O2. The number of aromatic hydroxyl groups is 1. The Morgan fingerprint density at radius 2 is 2.00 bits per heavy atom. The molecule has 1 aromatic carbocycles. The van der Waals surface area contributed by atoms with Crippen molar-refractivity contribution in [3.8, 4) is 11.5 Å². The topological polar surface area (TPSA) is 29.5 Å². The molecule has 0 heterocycles. The fraction of sp³-hybridized carbons (Fsp3) is 0.333. The van der Waals surface area contributed by atoms with E-state index in [4.69, 9.17) is 5.11 Å². The second-order valence-corrected chi connectivity index (χ2v) is 2.80. The highest BCUT2D eigenvalue weighted by Gasteiger charge is 2.27. The van der Waals surface area contributed by atoms with Crippen LogP contribution in [-0.2, 0) is 6.42 Å². The number of alkyl halides is 3. The Labute approximate surface area is 78.9 Å². The summed E-state index contributed by atoms with van der Waals surface area (Å²) < 4.78 is 40.6. The van der Waals surface area contributed by atoms with Gasteiger partial charge in [0, 0.05) is 0 Å². The van der Waals surface area contributed by atoms with Crippen molar-refractivity contribution in [2.24, 2.45) is 0 Å². The van der Waals surface area contributed by atoms with Crippen LogP contribution in [0.4, 0.5) is 13.2 Å². The molecule has 14 heavy (non-hydrogen) atoms. The largest absolute Gasteiger partial charge is 0.504 e. The molecule has 0 amide bonds. The van der Waals surface area contributed by atoms with Gasteiger partial charge in [0.25, 0.3) is 0 Å². The SMILES string of the molecule is COc1cc(CC(F)(F)F)ccc1O. The summed E-state index contributed by atoms with van der Waals surface area (Å²) in [5.41, 5.74) is 0.0622. The summed E-state index contributed by atoms with van der Waals surface area (Å²) in [6, 6.07) is 3.56. The van der Waals surface area contributed by atoms with Crippen LogP contribution in [0.15, 0.2) is 18.2 Å². The smallest absolute Gasteiger partial charge is 0.393 e. The van der Waals surface area contributed by atoms with E-state index in [1.54, 1.807) is 0 Å². The van der Waals surface area contributed by atoms with Gasteiger partial charge in [-0.25, -0.2) is 0 Å². The molecule has 0 aliphatic heterocycles. The van der Waals surface area contributed by atoms with Crippen molar-refractivity contribution in [1.29, 1.82) is 0 Å². The van der Waals surface area contributed by atoms with Gasteiger partial charge in [-0.1, -0.05) is 6.07 Å². The molecule has 5 heteroatoms. The van der Waals surface area contributed by atoms with Gasteiger partial charge in [-0.15, -0.1) is 0 Å². The molecule has 1 aromatic rings. The summed E-state index contributed by atoms with van der Waals surface area (Å²) in [6.45, 7) is 0. The fourth-order valence-corrected chi connectivity index (χ4v) is 1.06. The standard InChI is InChI=1S/C9H9F3O2/c1-14-8-4-6(2-3-7(8)13)5-9(10,11)12/h2-4,13H,5H2,1H3. The molecule has 0 aliphatic rings. The predicted octanol–water partition coefficient (Wildman–Crippen LogP) is 2.51. The fourth-order valence-electron chi connectivity index (χ4n) is 1.06. The summed E-state index contributed by atoms with van der Waals surface area (Å²) >= 11 is 0.